The van der Waals surface area contributed by atoms with E-state index in [-0.39, 0.29) is 12.0 Å². The molecule has 1 atom stereocenters. The molecule has 1 heterocycles. The lowest BCUT2D eigenvalue weighted by Crippen LogP contribution is -2.30. The van der Waals surface area contributed by atoms with Crippen molar-refractivity contribution < 1.29 is 4.79 Å². The molecule has 1 unspecified atom stereocenters. The number of anilines is 1. The normalized spacial score (nSPS) is 19.2. The van der Waals surface area contributed by atoms with Gasteiger partial charge in [0.05, 0.1) is 6.04 Å². The number of benzene rings is 1. The molecule has 0 spiro atoms. The minimum atomic E-state index is -0.00704. The van der Waals surface area contributed by atoms with Crippen LogP contribution in [-0.4, -0.2) is 11.8 Å². The first-order valence-corrected chi connectivity index (χ1v) is 5.06. The standard InChI is InChI=1S/C12H15NO/c1-8(2)12(14)11-7-9-5-3-4-6-10(9)13-11/h3-6,8,11,13H,7H2,1-2H3. The summed E-state index contributed by atoms with van der Waals surface area (Å²) in [5.74, 6) is 0.419. The maximum absolute atomic E-state index is 11.8. The quantitative estimate of drug-likeness (QED) is 0.773. The molecule has 74 valence electrons. The van der Waals surface area contributed by atoms with Crippen LogP contribution in [-0.2, 0) is 11.2 Å². The van der Waals surface area contributed by atoms with Crippen molar-refractivity contribution in [1.82, 2.24) is 0 Å². The third-order valence-electron chi connectivity index (χ3n) is 2.68. The van der Waals surface area contributed by atoms with Crippen LogP contribution >= 0.6 is 0 Å². The Morgan fingerprint density at radius 3 is 2.79 bits per heavy atom. The van der Waals surface area contributed by atoms with Crippen molar-refractivity contribution in [1.29, 1.82) is 0 Å². The Morgan fingerprint density at radius 1 is 1.43 bits per heavy atom. The second kappa shape index (κ2) is 3.45. The van der Waals surface area contributed by atoms with E-state index in [1.165, 1.54) is 5.56 Å². The maximum atomic E-state index is 11.8. The first-order valence-electron chi connectivity index (χ1n) is 5.06. The topological polar surface area (TPSA) is 29.1 Å². The molecular formula is C12H15NO. The lowest BCUT2D eigenvalue weighted by molar-refractivity contribution is -0.122. The van der Waals surface area contributed by atoms with Crippen LogP contribution in [0.15, 0.2) is 24.3 Å². The van der Waals surface area contributed by atoms with Crippen LogP contribution in [0.5, 0.6) is 0 Å². The van der Waals surface area contributed by atoms with Gasteiger partial charge in [-0.15, -0.1) is 0 Å². The second-order valence-electron chi connectivity index (χ2n) is 4.12. The monoisotopic (exact) mass is 189 g/mol. The molecule has 0 saturated heterocycles. The van der Waals surface area contributed by atoms with Gasteiger partial charge in [0.1, 0.15) is 0 Å². The van der Waals surface area contributed by atoms with Gasteiger partial charge in [-0.2, -0.15) is 0 Å². The Bertz CT molecular complexity index is 332. The average molecular weight is 189 g/mol. The number of fused-ring (bicyclic) bond motifs is 1. The van der Waals surface area contributed by atoms with Crippen molar-refractivity contribution in [3.8, 4) is 0 Å². The summed E-state index contributed by atoms with van der Waals surface area (Å²) in [5.41, 5.74) is 2.37. The highest BCUT2D eigenvalue weighted by atomic mass is 16.1. The molecule has 1 N–H and O–H groups in total. The van der Waals surface area contributed by atoms with E-state index < -0.39 is 0 Å². The number of nitrogens with one attached hydrogen (secondary N) is 1. The molecule has 1 aliphatic rings. The Morgan fingerprint density at radius 2 is 2.14 bits per heavy atom. The Labute approximate surface area is 84.3 Å². The molecule has 1 aromatic rings. The Kier molecular flexibility index (Phi) is 2.28. The van der Waals surface area contributed by atoms with Crippen LogP contribution < -0.4 is 5.32 Å². The molecule has 0 radical (unpaired) electrons. The molecule has 0 amide bonds. The molecule has 0 fully saturated rings. The number of carbonyl (C=O) groups excluding carboxylic acids is 1. The summed E-state index contributed by atoms with van der Waals surface area (Å²) in [5, 5.41) is 3.27. The fourth-order valence-electron chi connectivity index (χ4n) is 1.87. The number of hydrogen-bond donors (Lipinski definition) is 1. The molecule has 0 bridgehead atoms. The minimum Gasteiger partial charge on any atom is -0.375 e. The maximum Gasteiger partial charge on any atom is 0.157 e. The highest BCUT2D eigenvalue weighted by molar-refractivity contribution is 5.90. The van der Waals surface area contributed by atoms with Gasteiger partial charge >= 0.3 is 0 Å². The van der Waals surface area contributed by atoms with Crippen molar-refractivity contribution in [2.24, 2.45) is 5.92 Å². The summed E-state index contributed by atoms with van der Waals surface area (Å²) in [6.07, 6.45) is 0.840. The number of rotatable bonds is 2. The van der Waals surface area contributed by atoms with Crippen LogP contribution in [0.4, 0.5) is 5.69 Å². The Hall–Kier alpha value is -1.31. The summed E-state index contributed by atoms with van der Waals surface area (Å²) in [6.45, 7) is 3.90. The van der Waals surface area contributed by atoms with E-state index in [0.29, 0.717) is 5.78 Å². The van der Waals surface area contributed by atoms with Crippen LogP contribution in [0.2, 0.25) is 0 Å². The van der Waals surface area contributed by atoms with Crippen molar-refractivity contribution in [2.75, 3.05) is 5.32 Å². The van der Waals surface area contributed by atoms with Gasteiger partial charge in [-0.1, -0.05) is 32.0 Å². The molecule has 14 heavy (non-hydrogen) atoms. The average Bonchev–Trinajstić information content (AvgIpc) is 2.59. The number of Topliss-reactive ketones (excluding diaryl/α,β-unsaturated/α-hetero) is 1. The van der Waals surface area contributed by atoms with Crippen molar-refractivity contribution in [3.05, 3.63) is 29.8 Å². The minimum absolute atomic E-state index is 0.00704. The van der Waals surface area contributed by atoms with E-state index >= 15 is 0 Å². The fourth-order valence-corrected chi connectivity index (χ4v) is 1.87. The van der Waals surface area contributed by atoms with Gasteiger partial charge in [-0.05, 0) is 11.6 Å². The number of carbonyl (C=O) groups is 1. The van der Waals surface area contributed by atoms with Gasteiger partial charge in [0.25, 0.3) is 0 Å². The van der Waals surface area contributed by atoms with E-state index in [1.807, 2.05) is 32.0 Å². The van der Waals surface area contributed by atoms with Gasteiger partial charge < -0.3 is 5.32 Å². The zero-order valence-electron chi connectivity index (χ0n) is 8.58. The third-order valence-corrected chi connectivity index (χ3v) is 2.68. The summed E-state index contributed by atoms with van der Waals surface area (Å²) >= 11 is 0. The number of para-hydroxylation sites is 1. The summed E-state index contributed by atoms with van der Waals surface area (Å²) in [7, 11) is 0. The van der Waals surface area contributed by atoms with Crippen molar-refractivity contribution in [2.45, 2.75) is 26.3 Å². The first kappa shape index (κ1) is 9.25. The first-order chi connectivity index (χ1) is 6.68. The van der Waals surface area contributed by atoms with E-state index in [9.17, 15) is 4.79 Å². The van der Waals surface area contributed by atoms with Gasteiger partial charge in [-0.25, -0.2) is 0 Å². The predicted molar refractivity (Wildman–Crippen MR) is 57.4 cm³/mol. The molecule has 0 saturated carbocycles. The van der Waals surface area contributed by atoms with Gasteiger partial charge in [-0.3, -0.25) is 4.79 Å². The van der Waals surface area contributed by atoms with Crippen molar-refractivity contribution >= 4 is 11.5 Å². The summed E-state index contributed by atoms with van der Waals surface area (Å²) < 4.78 is 0. The largest absolute Gasteiger partial charge is 0.375 e. The molecule has 0 aromatic heterocycles. The van der Waals surface area contributed by atoms with E-state index in [1.54, 1.807) is 0 Å². The van der Waals surface area contributed by atoms with Gasteiger partial charge in [0.2, 0.25) is 0 Å². The third kappa shape index (κ3) is 1.52. The molecular weight excluding hydrogens is 174 g/mol. The lowest BCUT2D eigenvalue weighted by atomic mass is 9.99. The SMILES string of the molecule is CC(C)C(=O)C1Cc2ccccc2N1. The van der Waals surface area contributed by atoms with Crippen LogP contribution in [0.25, 0.3) is 0 Å². The lowest BCUT2D eigenvalue weighted by Gasteiger charge is -2.12. The Balaban J connectivity index is 2.16. The van der Waals surface area contributed by atoms with E-state index in [4.69, 9.17) is 0 Å². The van der Waals surface area contributed by atoms with E-state index in [2.05, 4.69) is 11.4 Å². The smallest absolute Gasteiger partial charge is 0.157 e. The zero-order valence-corrected chi connectivity index (χ0v) is 8.58. The molecule has 1 aliphatic heterocycles. The second-order valence-corrected chi connectivity index (χ2v) is 4.12. The predicted octanol–water partition coefficient (Wildman–Crippen LogP) is 2.25. The highest BCUT2D eigenvalue weighted by Crippen LogP contribution is 2.26. The van der Waals surface area contributed by atoms with Crippen LogP contribution in [0.3, 0.4) is 0 Å². The van der Waals surface area contributed by atoms with Crippen molar-refractivity contribution in [3.63, 3.8) is 0 Å². The van der Waals surface area contributed by atoms with Gasteiger partial charge in [0, 0.05) is 18.0 Å². The number of hydrogen-bond acceptors (Lipinski definition) is 2. The van der Waals surface area contributed by atoms with Crippen LogP contribution in [0, 0.1) is 5.92 Å². The van der Waals surface area contributed by atoms with Crippen LogP contribution in [0.1, 0.15) is 19.4 Å². The molecule has 1 aromatic carbocycles. The highest BCUT2D eigenvalue weighted by Gasteiger charge is 2.27. The fraction of sp³-hybridized carbons (Fsp3) is 0.417. The molecule has 2 nitrogen and oxygen atoms in total. The molecule has 0 aliphatic carbocycles. The van der Waals surface area contributed by atoms with E-state index in [0.717, 1.165) is 12.1 Å². The summed E-state index contributed by atoms with van der Waals surface area (Å²) in [4.78, 5) is 11.8. The summed E-state index contributed by atoms with van der Waals surface area (Å²) in [6, 6.07) is 8.11. The molecule has 2 rings (SSSR count). The molecule has 2 heteroatoms. The number of ketones is 1. The zero-order chi connectivity index (χ0) is 10.1. The van der Waals surface area contributed by atoms with Gasteiger partial charge in [0.15, 0.2) is 5.78 Å².